The minimum atomic E-state index is -0.601. The van der Waals surface area contributed by atoms with Gasteiger partial charge in [0.15, 0.2) is 0 Å². The van der Waals surface area contributed by atoms with Crippen LogP contribution in [-0.4, -0.2) is 30.0 Å². The number of benzene rings is 2. The number of hydrogen-bond acceptors (Lipinski definition) is 4. The van der Waals surface area contributed by atoms with E-state index in [0.29, 0.717) is 5.69 Å². The van der Waals surface area contributed by atoms with Gasteiger partial charge >= 0.3 is 0 Å². The van der Waals surface area contributed by atoms with Crippen LogP contribution < -0.4 is 15.4 Å². The molecule has 0 unspecified atom stereocenters. The number of aryl methyl sites for hydroxylation is 2. The van der Waals surface area contributed by atoms with Crippen LogP contribution >= 0.6 is 0 Å². The van der Waals surface area contributed by atoms with E-state index in [1.54, 1.807) is 13.2 Å². The molecule has 0 fully saturated rings. The second-order valence-electron chi connectivity index (χ2n) is 7.77. The van der Waals surface area contributed by atoms with Gasteiger partial charge in [-0.3, -0.25) is 9.59 Å². The Morgan fingerprint density at radius 2 is 1.82 bits per heavy atom. The first-order valence-electron chi connectivity index (χ1n) is 11.0. The van der Waals surface area contributed by atoms with Crippen molar-refractivity contribution in [3.8, 4) is 17.5 Å². The number of carbonyl (C=O) groups excluding carboxylic acids is 2. The van der Waals surface area contributed by atoms with Crippen molar-refractivity contribution in [1.82, 2.24) is 9.88 Å². The van der Waals surface area contributed by atoms with Gasteiger partial charge in [-0.1, -0.05) is 25.1 Å². The molecule has 0 atom stereocenters. The Morgan fingerprint density at radius 3 is 2.47 bits per heavy atom. The van der Waals surface area contributed by atoms with E-state index in [2.05, 4.69) is 10.6 Å². The first-order valence-corrected chi connectivity index (χ1v) is 11.0. The van der Waals surface area contributed by atoms with Crippen LogP contribution in [0.2, 0.25) is 0 Å². The predicted octanol–water partition coefficient (Wildman–Crippen LogP) is 4.33. The quantitative estimate of drug-likeness (QED) is 0.390. The molecule has 0 aliphatic heterocycles. The molecule has 174 valence electrons. The fraction of sp³-hybridized carbons (Fsp3) is 0.222. The van der Waals surface area contributed by atoms with Gasteiger partial charge in [0.05, 0.1) is 13.7 Å². The van der Waals surface area contributed by atoms with Crippen molar-refractivity contribution in [1.29, 1.82) is 5.26 Å². The van der Waals surface area contributed by atoms with E-state index >= 15 is 0 Å². The molecule has 2 amide bonds. The first-order chi connectivity index (χ1) is 16.4. The second kappa shape index (κ2) is 11.0. The standard InChI is InChI=1S/C27H28N4O3/c1-5-20-8-6-7-9-25(20)30-26(32)17-29-27(33)22(16-28)15-21-14-18(2)31(19(21)3)23-10-12-24(34-4)13-11-23/h6-15H,5,17H2,1-4H3,(H,29,33)(H,30,32)/b22-15+. The highest BCUT2D eigenvalue weighted by Gasteiger charge is 2.15. The molecule has 0 spiro atoms. The number of aromatic nitrogens is 1. The maximum absolute atomic E-state index is 12.6. The highest BCUT2D eigenvalue weighted by molar-refractivity contribution is 6.04. The maximum atomic E-state index is 12.6. The smallest absolute Gasteiger partial charge is 0.262 e. The largest absolute Gasteiger partial charge is 0.497 e. The lowest BCUT2D eigenvalue weighted by Gasteiger charge is -2.11. The Balaban J connectivity index is 1.72. The molecule has 1 heterocycles. The molecule has 34 heavy (non-hydrogen) atoms. The van der Waals surface area contributed by atoms with E-state index in [0.717, 1.165) is 40.4 Å². The molecular weight excluding hydrogens is 428 g/mol. The van der Waals surface area contributed by atoms with Crippen LogP contribution in [-0.2, 0) is 16.0 Å². The molecule has 0 aliphatic rings. The number of ether oxygens (including phenoxy) is 1. The summed E-state index contributed by atoms with van der Waals surface area (Å²) in [6.45, 7) is 5.65. The number of methoxy groups -OCH3 is 1. The topological polar surface area (TPSA) is 96.2 Å². The predicted molar refractivity (Wildman–Crippen MR) is 133 cm³/mol. The Bertz CT molecular complexity index is 1260. The third-order valence-corrected chi connectivity index (χ3v) is 5.55. The van der Waals surface area contributed by atoms with Crippen LogP contribution in [0.4, 0.5) is 5.69 Å². The number of nitrogens with zero attached hydrogens (tertiary/aromatic N) is 2. The summed E-state index contributed by atoms with van der Waals surface area (Å²) in [6.07, 6.45) is 2.32. The molecule has 0 bridgehead atoms. The lowest BCUT2D eigenvalue weighted by molar-refractivity contribution is -0.121. The molecule has 0 saturated carbocycles. The molecule has 2 aromatic carbocycles. The number of hydrogen-bond donors (Lipinski definition) is 2. The molecule has 7 nitrogen and oxygen atoms in total. The lowest BCUT2D eigenvalue weighted by atomic mass is 10.1. The average molecular weight is 457 g/mol. The van der Waals surface area contributed by atoms with Crippen molar-refractivity contribution < 1.29 is 14.3 Å². The maximum Gasteiger partial charge on any atom is 0.262 e. The van der Waals surface area contributed by atoms with Gasteiger partial charge in [0.1, 0.15) is 17.4 Å². The van der Waals surface area contributed by atoms with Crippen LogP contribution in [0, 0.1) is 25.2 Å². The van der Waals surface area contributed by atoms with Crippen molar-refractivity contribution in [2.45, 2.75) is 27.2 Å². The third-order valence-electron chi connectivity index (χ3n) is 5.55. The zero-order valence-corrected chi connectivity index (χ0v) is 19.8. The second-order valence-corrected chi connectivity index (χ2v) is 7.77. The molecule has 1 aromatic heterocycles. The Labute approximate surface area is 199 Å². The normalized spacial score (nSPS) is 11.0. The molecular formula is C27H28N4O3. The van der Waals surface area contributed by atoms with E-state index in [9.17, 15) is 14.9 Å². The molecule has 7 heteroatoms. The fourth-order valence-corrected chi connectivity index (χ4v) is 3.77. The lowest BCUT2D eigenvalue weighted by Crippen LogP contribution is -2.33. The van der Waals surface area contributed by atoms with Gasteiger partial charge in [-0.25, -0.2) is 0 Å². The highest BCUT2D eigenvalue weighted by Crippen LogP contribution is 2.24. The fourth-order valence-electron chi connectivity index (χ4n) is 3.77. The summed E-state index contributed by atoms with van der Waals surface area (Å²) < 4.78 is 7.26. The Morgan fingerprint density at radius 1 is 1.12 bits per heavy atom. The van der Waals surface area contributed by atoms with E-state index in [1.165, 1.54) is 0 Å². The molecule has 2 N–H and O–H groups in total. The van der Waals surface area contributed by atoms with E-state index < -0.39 is 5.91 Å². The van der Waals surface area contributed by atoms with Gasteiger partial charge in [0, 0.05) is 22.8 Å². The van der Waals surface area contributed by atoms with Crippen molar-refractivity contribution >= 4 is 23.6 Å². The molecule has 3 rings (SSSR count). The molecule has 3 aromatic rings. The molecule has 0 aliphatic carbocycles. The summed E-state index contributed by atoms with van der Waals surface area (Å²) >= 11 is 0. The summed E-state index contributed by atoms with van der Waals surface area (Å²) in [5, 5.41) is 14.9. The number of nitrogens with one attached hydrogen (secondary N) is 2. The Kier molecular flexibility index (Phi) is 7.88. The SMILES string of the molecule is CCc1ccccc1NC(=O)CNC(=O)/C(C#N)=C/c1cc(C)n(-c2ccc(OC)cc2)c1C. The minimum absolute atomic E-state index is 0.0725. The monoisotopic (exact) mass is 456 g/mol. The van der Waals surface area contributed by atoms with Crippen molar-refractivity contribution in [2.75, 3.05) is 19.0 Å². The zero-order valence-electron chi connectivity index (χ0n) is 19.8. The van der Waals surface area contributed by atoms with E-state index in [1.807, 2.05) is 86.0 Å². The van der Waals surface area contributed by atoms with Crippen molar-refractivity contribution in [3.05, 3.63) is 82.7 Å². The summed E-state index contributed by atoms with van der Waals surface area (Å²) in [7, 11) is 1.62. The number of rotatable bonds is 8. The zero-order chi connectivity index (χ0) is 24.7. The first kappa shape index (κ1) is 24.3. The van der Waals surface area contributed by atoms with Crippen LogP contribution in [0.1, 0.15) is 29.4 Å². The number of para-hydroxylation sites is 1. The van der Waals surface area contributed by atoms with Gasteiger partial charge in [-0.15, -0.1) is 0 Å². The van der Waals surface area contributed by atoms with Crippen LogP contribution in [0.15, 0.2) is 60.2 Å². The van der Waals surface area contributed by atoms with Crippen LogP contribution in [0.3, 0.4) is 0 Å². The van der Waals surface area contributed by atoms with Gasteiger partial charge in [0.2, 0.25) is 5.91 Å². The number of amides is 2. The third kappa shape index (κ3) is 5.54. The molecule has 0 radical (unpaired) electrons. The molecule has 0 saturated heterocycles. The van der Waals surface area contributed by atoms with Crippen LogP contribution in [0.25, 0.3) is 11.8 Å². The minimum Gasteiger partial charge on any atom is -0.497 e. The van der Waals surface area contributed by atoms with E-state index in [4.69, 9.17) is 4.74 Å². The summed E-state index contributed by atoms with van der Waals surface area (Å²) in [6, 6.07) is 19.0. The van der Waals surface area contributed by atoms with Crippen molar-refractivity contribution in [3.63, 3.8) is 0 Å². The number of nitriles is 1. The summed E-state index contributed by atoms with van der Waals surface area (Å²) in [4.78, 5) is 24.9. The average Bonchev–Trinajstić information content (AvgIpc) is 3.13. The number of carbonyl (C=O) groups is 2. The van der Waals surface area contributed by atoms with Gasteiger partial charge in [0.25, 0.3) is 5.91 Å². The summed E-state index contributed by atoms with van der Waals surface area (Å²) in [5.74, 6) is -0.197. The van der Waals surface area contributed by atoms with E-state index in [-0.39, 0.29) is 18.0 Å². The van der Waals surface area contributed by atoms with Gasteiger partial charge in [-0.2, -0.15) is 5.26 Å². The summed E-state index contributed by atoms with van der Waals surface area (Å²) in [5.41, 5.74) is 5.19. The van der Waals surface area contributed by atoms with Crippen LogP contribution in [0.5, 0.6) is 5.75 Å². The highest BCUT2D eigenvalue weighted by atomic mass is 16.5. The van der Waals surface area contributed by atoms with Gasteiger partial charge in [-0.05, 0) is 73.9 Å². The van der Waals surface area contributed by atoms with Gasteiger partial charge < -0.3 is 19.9 Å². The Hall–Kier alpha value is -4.31. The number of anilines is 1. The van der Waals surface area contributed by atoms with Crippen molar-refractivity contribution in [2.24, 2.45) is 0 Å².